The minimum Gasteiger partial charge on any atom is -0.387 e. The molecule has 1 aliphatic heterocycles. The summed E-state index contributed by atoms with van der Waals surface area (Å²) in [6.07, 6.45) is -2.06. The van der Waals surface area contributed by atoms with E-state index in [9.17, 15) is 10.2 Å². The molecule has 0 unspecified atom stereocenters. The van der Waals surface area contributed by atoms with Crippen LogP contribution < -0.4 is 5.32 Å². The first-order valence-corrected chi connectivity index (χ1v) is 4.35. The third-order valence-electron chi connectivity index (χ3n) is 2.39. The Morgan fingerprint density at radius 2 is 2.00 bits per heavy atom. The summed E-state index contributed by atoms with van der Waals surface area (Å²) in [5, 5.41) is 30.8. The van der Waals surface area contributed by atoms with Crippen LogP contribution in [-0.2, 0) is 0 Å². The molecule has 3 atom stereocenters. The van der Waals surface area contributed by atoms with Crippen LogP contribution in [0.3, 0.4) is 0 Å². The van der Waals surface area contributed by atoms with Crippen LogP contribution in [-0.4, -0.2) is 22.4 Å². The van der Waals surface area contributed by atoms with Crippen LogP contribution in [0.5, 0.6) is 0 Å². The molecular formula is C10H10N2O2. The predicted molar refractivity (Wildman–Crippen MR) is 50.4 cm³/mol. The predicted octanol–water partition coefficient (Wildman–Crippen LogP) is 0.399. The van der Waals surface area contributed by atoms with Crippen molar-refractivity contribution in [3.63, 3.8) is 0 Å². The molecule has 3 N–H and O–H groups in total. The van der Waals surface area contributed by atoms with Gasteiger partial charge in [-0.15, -0.1) is 0 Å². The van der Waals surface area contributed by atoms with Gasteiger partial charge in [0.15, 0.2) is 0 Å². The molecule has 1 aromatic rings. The SMILES string of the molecule is N#C[C@@H]1Nc2ccccc2[C@H](O)[C@@H]1O. The summed E-state index contributed by atoms with van der Waals surface area (Å²) in [6, 6.07) is 8.24. The average Bonchev–Trinajstić information content (AvgIpc) is 2.23. The van der Waals surface area contributed by atoms with Crippen molar-refractivity contribution in [2.75, 3.05) is 5.32 Å². The third-order valence-corrected chi connectivity index (χ3v) is 2.39. The number of fused-ring (bicyclic) bond motifs is 1. The zero-order valence-electron chi connectivity index (χ0n) is 7.38. The van der Waals surface area contributed by atoms with Gasteiger partial charge < -0.3 is 15.5 Å². The molecule has 1 aromatic carbocycles. The molecule has 4 heteroatoms. The van der Waals surface area contributed by atoms with Gasteiger partial charge in [0.25, 0.3) is 0 Å². The van der Waals surface area contributed by atoms with Crippen molar-refractivity contribution in [1.29, 1.82) is 5.26 Å². The lowest BCUT2D eigenvalue weighted by molar-refractivity contribution is 0.0120. The summed E-state index contributed by atoms with van der Waals surface area (Å²) in [4.78, 5) is 0. The van der Waals surface area contributed by atoms with Crippen LogP contribution >= 0.6 is 0 Å². The summed E-state index contributed by atoms with van der Waals surface area (Å²) < 4.78 is 0. The molecule has 0 spiro atoms. The van der Waals surface area contributed by atoms with Gasteiger partial charge in [0, 0.05) is 11.3 Å². The fourth-order valence-corrected chi connectivity index (χ4v) is 1.61. The quantitative estimate of drug-likeness (QED) is 0.553. The normalized spacial score (nSPS) is 29.9. The van der Waals surface area contributed by atoms with Crippen molar-refractivity contribution in [3.8, 4) is 6.07 Å². The van der Waals surface area contributed by atoms with Crippen LogP contribution in [0.25, 0.3) is 0 Å². The lowest BCUT2D eigenvalue weighted by atomic mass is 9.93. The number of hydrogen-bond donors (Lipinski definition) is 3. The molecule has 0 amide bonds. The monoisotopic (exact) mass is 190 g/mol. The van der Waals surface area contributed by atoms with E-state index in [1.807, 2.05) is 12.1 Å². The lowest BCUT2D eigenvalue weighted by Gasteiger charge is -2.31. The molecule has 2 rings (SSSR count). The van der Waals surface area contributed by atoms with E-state index in [1.165, 1.54) is 0 Å². The molecule has 4 nitrogen and oxygen atoms in total. The van der Waals surface area contributed by atoms with E-state index in [4.69, 9.17) is 5.26 Å². The highest BCUT2D eigenvalue weighted by molar-refractivity contribution is 5.57. The van der Waals surface area contributed by atoms with Crippen LogP contribution in [0, 0.1) is 11.3 Å². The van der Waals surface area contributed by atoms with Gasteiger partial charge in [0.2, 0.25) is 0 Å². The standard InChI is InChI=1S/C10H10N2O2/c11-5-8-10(14)9(13)6-3-1-2-4-7(6)12-8/h1-4,8-10,12-14H/t8-,9-,10+/m0/s1. The van der Waals surface area contributed by atoms with Gasteiger partial charge in [-0.05, 0) is 6.07 Å². The van der Waals surface area contributed by atoms with Crippen LogP contribution in [0.15, 0.2) is 24.3 Å². The minimum absolute atomic E-state index is 0.631. The maximum atomic E-state index is 9.69. The fourth-order valence-electron chi connectivity index (χ4n) is 1.61. The number of para-hydroxylation sites is 1. The average molecular weight is 190 g/mol. The van der Waals surface area contributed by atoms with Crippen molar-refractivity contribution in [1.82, 2.24) is 0 Å². The van der Waals surface area contributed by atoms with E-state index < -0.39 is 18.2 Å². The Labute approximate surface area is 81.4 Å². The smallest absolute Gasteiger partial charge is 0.143 e. The van der Waals surface area contributed by atoms with Gasteiger partial charge in [-0.3, -0.25) is 0 Å². The molecule has 0 fully saturated rings. The minimum atomic E-state index is -1.07. The number of anilines is 1. The molecular weight excluding hydrogens is 180 g/mol. The Bertz CT molecular complexity index is 386. The van der Waals surface area contributed by atoms with E-state index >= 15 is 0 Å². The number of aliphatic hydroxyl groups is 2. The second-order valence-electron chi connectivity index (χ2n) is 3.27. The highest BCUT2D eigenvalue weighted by Gasteiger charge is 2.33. The van der Waals surface area contributed by atoms with E-state index in [0.717, 1.165) is 0 Å². The number of hydrogen-bond acceptors (Lipinski definition) is 4. The zero-order valence-corrected chi connectivity index (χ0v) is 7.38. The maximum absolute atomic E-state index is 9.69. The highest BCUT2D eigenvalue weighted by atomic mass is 16.3. The van der Waals surface area contributed by atoms with E-state index in [1.54, 1.807) is 18.2 Å². The first kappa shape index (κ1) is 9.00. The summed E-state index contributed by atoms with van der Waals surface area (Å²) >= 11 is 0. The van der Waals surface area contributed by atoms with Gasteiger partial charge in [-0.25, -0.2) is 0 Å². The molecule has 1 heterocycles. The number of nitrogens with one attached hydrogen (secondary N) is 1. The number of benzene rings is 1. The van der Waals surface area contributed by atoms with Crippen molar-refractivity contribution >= 4 is 5.69 Å². The van der Waals surface area contributed by atoms with Gasteiger partial charge >= 0.3 is 0 Å². The van der Waals surface area contributed by atoms with Crippen LogP contribution in [0.2, 0.25) is 0 Å². The third kappa shape index (κ3) is 1.23. The molecule has 1 aliphatic rings. The summed E-state index contributed by atoms with van der Waals surface area (Å²) in [6.45, 7) is 0. The van der Waals surface area contributed by atoms with Crippen LogP contribution in [0.4, 0.5) is 5.69 Å². The van der Waals surface area contributed by atoms with Gasteiger partial charge in [0.1, 0.15) is 18.2 Å². The molecule has 0 saturated carbocycles. The second kappa shape index (κ2) is 3.29. The van der Waals surface area contributed by atoms with Gasteiger partial charge in [-0.2, -0.15) is 5.26 Å². The fraction of sp³-hybridized carbons (Fsp3) is 0.300. The Kier molecular flexibility index (Phi) is 2.12. The lowest BCUT2D eigenvalue weighted by Crippen LogP contribution is -2.41. The van der Waals surface area contributed by atoms with Crippen molar-refractivity contribution < 1.29 is 10.2 Å². The Hall–Kier alpha value is -1.57. The molecule has 0 radical (unpaired) electrons. The number of aliphatic hydroxyl groups excluding tert-OH is 2. The van der Waals surface area contributed by atoms with E-state index in [-0.39, 0.29) is 0 Å². The van der Waals surface area contributed by atoms with Crippen molar-refractivity contribution in [2.45, 2.75) is 18.2 Å². The second-order valence-corrected chi connectivity index (χ2v) is 3.27. The zero-order chi connectivity index (χ0) is 10.1. The Morgan fingerprint density at radius 1 is 1.29 bits per heavy atom. The number of nitrogens with zero attached hydrogens (tertiary/aromatic N) is 1. The Morgan fingerprint density at radius 3 is 2.71 bits per heavy atom. The topological polar surface area (TPSA) is 76.3 Å². The van der Waals surface area contributed by atoms with Crippen LogP contribution in [0.1, 0.15) is 11.7 Å². The molecule has 0 aliphatic carbocycles. The summed E-state index contributed by atoms with van der Waals surface area (Å²) in [7, 11) is 0. The first-order chi connectivity index (χ1) is 6.74. The molecule has 72 valence electrons. The van der Waals surface area contributed by atoms with Crippen molar-refractivity contribution in [3.05, 3.63) is 29.8 Å². The van der Waals surface area contributed by atoms with Gasteiger partial charge in [0.05, 0.1) is 6.07 Å². The maximum Gasteiger partial charge on any atom is 0.143 e. The Balaban J connectivity index is 2.43. The van der Waals surface area contributed by atoms with Crippen molar-refractivity contribution in [2.24, 2.45) is 0 Å². The van der Waals surface area contributed by atoms with E-state index in [0.29, 0.717) is 11.3 Å². The summed E-state index contributed by atoms with van der Waals surface area (Å²) in [5.41, 5.74) is 1.34. The number of nitriles is 1. The summed E-state index contributed by atoms with van der Waals surface area (Å²) in [5.74, 6) is 0. The molecule has 0 aromatic heterocycles. The van der Waals surface area contributed by atoms with E-state index in [2.05, 4.69) is 5.32 Å². The van der Waals surface area contributed by atoms with Gasteiger partial charge in [-0.1, -0.05) is 18.2 Å². The largest absolute Gasteiger partial charge is 0.387 e. The molecule has 0 bridgehead atoms. The molecule has 14 heavy (non-hydrogen) atoms. The first-order valence-electron chi connectivity index (χ1n) is 4.35. The number of rotatable bonds is 0. The highest BCUT2D eigenvalue weighted by Crippen LogP contribution is 2.32. The molecule has 0 saturated heterocycles.